The van der Waals surface area contributed by atoms with Crippen LogP contribution in [0.3, 0.4) is 0 Å². The van der Waals surface area contributed by atoms with Crippen LogP contribution < -0.4 is 0 Å². The van der Waals surface area contributed by atoms with Crippen molar-refractivity contribution in [2.75, 3.05) is 0 Å². The van der Waals surface area contributed by atoms with Gasteiger partial charge in [-0.25, -0.2) is 0 Å². The highest BCUT2D eigenvalue weighted by atomic mass is 16.3. The smallest absolute Gasteiger partial charge is 0.143 e. The van der Waals surface area contributed by atoms with E-state index in [9.17, 15) is 0 Å². The van der Waals surface area contributed by atoms with E-state index in [0.717, 1.165) is 54.6 Å². The van der Waals surface area contributed by atoms with Crippen LogP contribution in [0.25, 0.3) is 219 Å². The molecule has 106 heavy (non-hydrogen) atoms. The third-order valence-corrected chi connectivity index (χ3v) is 22.0. The Morgan fingerprint density at radius 2 is 0.415 bits per heavy atom. The first kappa shape index (κ1) is 60.8. The van der Waals surface area contributed by atoms with E-state index in [1.54, 1.807) is 0 Å². The molecule has 0 unspecified atom stereocenters. The molecule has 0 bridgehead atoms. The van der Waals surface area contributed by atoms with Crippen LogP contribution in [0.4, 0.5) is 0 Å². The Labute approximate surface area is 612 Å². The van der Waals surface area contributed by atoms with E-state index in [-0.39, 0.29) is 0 Å². The van der Waals surface area contributed by atoms with E-state index in [0.29, 0.717) is 0 Å². The number of hydrogen-bond donors (Lipinski definition) is 0. The molecule has 2 nitrogen and oxygen atoms in total. The SMILES string of the molecule is c1cc(-c2ccc3ccccc3c2)cc(-c2c3ccccc3c(-c3cccc(-c4cc5c6ccccc6oc5c5ccccc45)c3)c3ccccc23)c1.c1cc(-c2cccc3ccccc23)cc(-c2c3ccccc3c(-c3cccc(-c4cc5c6ccccc6oc5c5ccccc45)c3)c3ccccc23)c1. The molecular formula is C104H64O2. The van der Waals surface area contributed by atoms with E-state index in [1.807, 2.05) is 12.1 Å². The molecule has 20 aromatic carbocycles. The summed E-state index contributed by atoms with van der Waals surface area (Å²) in [6.45, 7) is 0. The Morgan fingerprint density at radius 1 is 0.132 bits per heavy atom. The first-order chi connectivity index (χ1) is 52.6. The predicted octanol–water partition coefficient (Wildman–Crippen LogP) is 29.7. The molecular weight excluding hydrogens is 1280 g/mol. The largest absolute Gasteiger partial charge is 0.455 e. The lowest BCUT2D eigenvalue weighted by Crippen LogP contribution is -1.92. The molecule has 492 valence electrons. The summed E-state index contributed by atoms with van der Waals surface area (Å²) in [5.74, 6) is 0. The third kappa shape index (κ3) is 10.0. The summed E-state index contributed by atoms with van der Waals surface area (Å²) in [5, 5.41) is 24.2. The van der Waals surface area contributed by atoms with Crippen LogP contribution in [0.2, 0.25) is 0 Å². The number of rotatable bonds is 8. The first-order valence-electron chi connectivity index (χ1n) is 36.5. The average Bonchev–Trinajstić information content (AvgIpc) is 1.17. The highest BCUT2D eigenvalue weighted by Gasteiger charge is 2.23. The van der Waals surface area contributed by atoms with Crippen molar-refractivity contribution < 1.29 is 8.83 Å². The molecule has 0 saturated heterocycles. The monoisotopic (exact) mass is 1340 g/mol. The minimum Gasteiger partial charge on any atom is -0.455 e. The van der Waals surface area contributed by atoms with Crippen molar-refractivity contribution in [2.45, 2.75) is 0 Å². The van der Waals surface area contributed by atoms with Crippen LogP contribution in [0, 0.1) is 0 Å². The lowest BCUT2D eigenvalue weighted by molar-refractivity contribution is 0.672. The molecule has 22 rings (SSSR count). The molecule has 22 aromatic rings. The average molecular weight is 1350 g/mol. The zero-order valence-corrected chi connectivity index (χ0v) is 57.8. The normalized spacial score (nSPS) is 11.8. The highest BCUT2D eigenvalue weighted by Crippen LogP contribution is 2.50. The zero-order chi connectivity index (χ0) is 69.8. The van der Waals surface area contributed by atoms with Crippen LogP contribution in [-0.4, -0.2) is 0 Å². The minimum atomic E-state index is 0.916. The Bertz CT molecular complexity index is 7220. The number of fused-ring (bicyclic) bond motifs is 16. The molecule has 0 saturated carbocycles. The van der Waals surface area contributed by atoms with E-state index >= 15 is 0 Å². The van der Waals surface area contributed by atoms with Gasteiger partial charge in [-0.1, -0.05) is 334 Å². The van der Waals surface area contributed by atoms with Crippen LogP contribution in [0.5, 0.6) is 0 Å². The van der Waals surface area contributed by atoms with Crippen LogP contribution in [0.15, 0.2) is 397 Å². The van der Waals surface area contributed by atoms with E-state index in [2.05, 4.69) is 376 Å². The molecule has 2 heterocycles. The van der Waals surface area contributed by atoms with Gasteiger partial charge < -0.3 is 8.83 Å². The van der Waals surface area contributed by atoms with E-state index in [1.165, 1.54) is 164 Å². The van der Waals surface area contributed by atoms with Crippen molar-refractivity contribution in [2.24, 2.45) is 0 Å². The van der Waals surface area contributed by atoms with Gasteiger partial charge in [0.15, 0.2) is 0 Å². The Hall–Kier alpha value is -13.9. The van der Waals surface area contributed by atoms with Gasteiger partial charge in [-0.15, -0.1) is 0 Å². The number of benzene rings is 20. The van der Waals surface area contributed by atoms with Gasteiger partial charge in [-0.05, 0) is 219 Å². The first-order valence-corrected chi connectivity index (χ1v) is 36.5. The molecule has 0 aliphatic rings. The maximum atomic E-state index is 6.44. The van der Waals surface area contributed by atoms with Crippen molar-refractivity contribution >= 4 is 130 Å². The van der Waals surface area contributed by atoms with Crippen molar-refractivity contribution in [3.63, 3.8) is 0 Å². The zero-order valence-electron chi connectivity index (χ0n) is 57.8. The lowest BCUT2D eigenvalue weighted by atomic mass is 9.84. The van der Waals surface area contributed by atoms with Crippen LogP contribution in [-0.2, 0) is 0 Å². The standard InChI is InChI=1S/2C52H32O/c1-2-20-38-33(14-1)15-13-28-39(38)34-16-11-18-36(30-34)50-42-23-4-6-25-44(42)51(45-26-7-5-24-43(45)50)37-19-12-17-35(31-37)47-32-48-41-22-9-10-29-49(41)53-52(48)46-27-8-3-21-40(46)47;1-2-14-34-29-36(28-27-33(34)13-1)35-15-11-17-38(30-35)50-42-21-4-6-23-44(42)51(45-24-7-5-22-43(45)50)39-18-12-16-37(31-39)47-32-48-41-20-9-10-26-49(41)53-52(48)46-25-8-3-19-40(46)47/h2*1-32H. The third-order valence-electron chi connectivity index (χ3n) is 22.0. The topological polar surface area (TPSA) is 26.3 Å². The number of para-hydroxylation sites is 2. The second-order valence-corrected chi connectivity index (χ2v) is 28.0. The molecule has 0 aliphatic heterocycles. The minimum absolute atomic E-state index is 0.916. The maximum Gasteiger partial charge on any atom is 0.143 e. The van der Waals surface area contributed by atoms with Crippen molar-refractivity contribution in [3.8, 4) is 89.0 Å². The molecule has 0 N–H and O–H groups in total. The van der Waals surface area contributed by atoms with Crippen molar-refractivity contribution in [1.29, 1.82) is 0 Å². The van der Waals surface area contributed by atoms with E-state index < -0.39 is 0 Å². The summed E-state index contributed by atoms with van der Waals surface area (Å²) in [6, 6.07) is 141. The summed E-state index contributed by atoms with van der Waals surface area (Å²) in [6.07, 6.45) is 0. The molecule has 2 heteroatoms. The Morgan fingerprint density at radius 3 is 0.840 bits per heavy atom. The molecule has 0 aliphatic carbocycles. The molecule has 0 radical (unpaired) electrons. The fraction of sp³-hybridized carbons (Fsp3) is 0. The summed E-state index contributed by atoms with van der Waals surface area (Å²) < 4.78 is 12.9. The molecule has 0 spiro atoms. The summed E-state index contributed by atoms with van der Waals surface area (Å²) >= 11 is 0. The summed E-state index contributed by atoms with van der Waals surface area (Å²) in [7, 11) is 0. The molecule has 0 amide bonds. The second-order valence-electron chi connectivity index (χ2n) is 28.0. The highest BCUT2D eigenvalue weighted by molar-refractivity contribution is 6.25. The lowest BCUT2D eigenvalue weighted by Gasteiger charge is -2.19. The fourth-order valence-electron chi connectivity index (χ4n) is 17.3. The van der Waals surface area contributed by atoms with Crippen LogP contribution >= 0.6 is 0 Å². The van der Waals surface area contributed by atoms with Gasteiger partial charge in [0.25, 0.3) is 0 Å². The van der Waals surface area contributed by atoms with Gasteiger partial charge >= 0.3 is 0 Å². The van der Waals surface area contributed by atoms with Crippen molar-refractivity contribution in [3.05, 3.63) is 388 Å². The van der Waals surface area contributed by atoms with Gasteiger partial charge in [0.1, 0.15) is 22.3 Å². The van der Waals surface area contributed by atoms with E-state index in [4.69, 9.17) is 8.83 Å². The molecule has 0 fully saturated rings. The number of furan rings is 2. The summed E-state index contributed by atoms with van der Waals surface area (Å²) in [5.41, 5.74) is 23.3. The quantitative estimate of drug-likeness (QED) is 0.142. The van der Waals surface area contributed by atoms with Crippen LogP contribution in [0.1, 0.15) is 0 Å². The van der Waals surface area contributed by atoms with Gasteiger partial charge in [0.05, 0.1) is 0 Å². The Kier molecular flexibility index (Phi) is 14.3. The van der Waals surface area contributed by atoms with Gasteiger partial charge in [-0.3, -0.25) is 0 Å². The van der Waals surface area contributed by atoms with Gasteiger partial charge in [0, 0.05) is 32.3 Å². The molecule has 0 atom stereocenters. The molecule has 2 aromatic heterocycles. The maximum absolute atomic E-state index is 6.44. The Balaban J connectivity index is 0.000000136. The number of hydrogen-bond acceptors (Lipinski definition) is 2. The van der Waals surface area contributed by atoms with Crippen molar-refractivity contribution in [1.82, 2.24) is 0 Å². The van der Waals surface area contributed by atoms with Gasteiger partial charge in [0.2, 0.25) is 0 Å². The fourth-order valence-corrected chi connectivity index (χ4v) is 17.3. The van der Waals surface area contributed by atoms with Gasteiger partial charge in [-0.2, -0.15) is 0 Å². The second kappa shape index (κ2) is 25.0. The summed E-state index contributed by atoms with van der Waals surface area (Å²) in [4.78, 5) is 0. The predicted molar refractivity (Wildman–Crippen MR) is 451 cm³/mol.